The second kappa shape index (κ2) is 8.93. The highest BCUT2D eigenvalue weighted by Gasteiger charge is 1.86. The van der Waals surface area contributed by atoms with Crippen LogP contribution in [0.2, 0.25) is 0 Å². The first-order valence-corrected chi connectivity index (χ1v) is 4.07. The van der Waals surface area contributed by atoms with E-state index in [4.69, 9.17) is 4.74 Å². The number of rotatable bonds is 7. The summed E-state index contributed by atoms with van der Waals surface area (Å²) in [6.07, 6.45) is 4.66. The van der Waals surface area contributed by atoms with Crippen molar-refractivity contribution in [3.63, 3.8) is 0 Å². The number of esters is 1. The SMILES string of the molecule is CC(=O)OC/C=C/COCCC=O. The zero-order valence-corrected chi connectivity index (χ0v) is 7.69. The van der Waals surface area contributed by atoms with Gasteiger partial charge in [-0.15, -0.1) is 0 Å². The van der Waals surface area contributed by atoms with Crippen molar-refractivity contribution in [2.24, 2.45) is 0 Å². The lowest BCUT2D eigenvalue weighted by atomic mass is 10.5. The van der Waals surface area contributed by atoms with E-state index in [1.54, 1.807) is 12.2 Å². The number of carbonyl (C=O) groups excluding carboxylic acids is 2. The molecule has 0 N–H and O–H groups in total. The van der Waals surface area contributed by atoms with Gasteiger partial charge in [-0.2, -0.15) is 0 Å². The summed E-state index contributed by atoms with van der Waals surface area (Å²) in [6, 6.07) is 0. The largest absolute Gasteiger partial charge is 0.462 e. The van der Waals surface area contributed by atoms with Crippen LogP contribution in [-0.2, 0) is 19.1 Å². The molecule has 0 aromatic rings. The fourth-order valence-corrected chi connectivity index (χ4v) is 0.584. The molecule has 0 radical (unpaired) electrons. The lowest BCUT2D eigenvalue weighted by Gasteiger charge is -1.96. The molecule has 0 saturated heterocycles. The summed E-state index contributed by atoms with van der Waals surface area (Å²) in [5, 5.41) is 0. The van der Waals surface area contributed by atoms with Crippen LogP contribution in [0.5, 0.6) is 0 Å². The summed E-state index contributed by atoms with van der Waals surface area (Å²) in [6.45, 7) is 2.50. The molecule has 0 heterocycles. The molecule has 0 bridgehead atoms. The van der Waals surface area contributed by atoms with Crippen LogP contribution in [-0.4, -0.2) is 32.1 Å². The third-order valence-corrected chi connectivity index (χ3v) is 1.14. The third-order valence-electron chi connectivity index (χ3n) is 1.14. The molecule has 0 rings (SSSR count). The van der Waals surface area contributed by atoms with Gasteiger partial charge in [0.1, 0.15) is 12.9 Å². The number of carbonyl (C=O) groups is 2. The fourth-order valence-electron chi connectivity index (χ4n) is 0.584. The average Bonchev–Trinajstić information content (AvgIpc) is 2.09. The Morgan fingerprint density at radius 1 is 1.31 bits per heavy atom. The molecule has 0 atom stereocenters. The van der Waals surface area contributed by atoms with Crippen LogP contribution in [0.1, 0.15) is 13.3 Å². The smallest absolute Gasteiger partial charge is 0.302 e. The second-order valence-corrected chi connectivity index (χ2v) is 2.30. The molecule has 0 aliphatic heterocycles. The predicted molar refractivity (Wildman–Crippen MR) is 47.3 cm³/mol. The Morgan fingerprint density at radius 2 is 2.00 bits per heavy atom. The van der Waals surface area contributed by atoms with E-state index >= 15 is 0 Å². The summed E-state index contributed by atoms with van der Waals surface area (Å²) in [7, 11) is 0. The maximum absolute atomic E-state index is 10.3. The van der Waals surface area contributed by atoms with Crippen LogP contribution >= 0.6 is 0 Å². The summed E-state index contributed by atoms with van der Waals surface area (Å²) < 4.78 is 9.65. The Morgan fingerprint density at radius 3 is 2.62 bits per heavy atom. The van der Waals surface area contributed by atoms with Gasteiger partial charge in [-0.1, -0.05) is 6.08 Å². The van der Waals surface area contributed by atoms with Gasteiger partial charge in [-0.25, -0.2) is 0 Å². The van der Waals surface area contributed by atoms with Gasteiger partial charge in [0, 0.05) is 13.3 Å². The van der Waals surface area contributed by atoms with Gasteiger partial charge in [-0.05, 0) is 6.08 Å². The van der Waals surface area contributed by atoms with Crippen molar-refractivity contribution in [3.8, 4) is 0 Å². The van der Waals surface area contributed by atoms with E-state index in [-0.39, 0.29) is 12.6 Å². The van der Waals surface area contributed by atoms with E-state index in [2.05, 4.69) is 4.74 Å². The van der Waals surface area contributed by atoms with E-state index in [9.17, 15) is 9.59 Å². The van der Waals surface area contributed by atoms with E-state index in [1.807, 2.05) is 0 Å². The molecular formula is C9H14O4. The fraction of sp³-hybridized carbons (Fsp3) is 0.556. The zero-order valence-electron chi connectivity index (χ0n) is 7.69. The molecule has 0 aliphatic rings. The standard InChI is InChI=1S/C9H14O4/c1-9(11)13-8-3-2-6-12-7-4-5-10/h2-3,5H,4,6-8H2,1H3/b3-2+. The van der Waals surface area contributed by atoms with E-state index in [0.29, 0.717) is 19.6 Å². The lowest BCUT2D eigenvalue weighted by Crippen LogP contribution is -1.98. The molecule has 0 saturated carbocycles. The lowest BCUT2D eigenvalue weighted by molar-refractivity contribution is -0.139. The predicted octanol–water partition coefficient (Wildman–Crippen LogP) is 0.711. The maximum Gasteiger partial charge on any atom is 0.302 e. The van der Waals surface area contributed by atoms with Crippen LogP contribution in [0.25, 0.3) is 0 Å². The van der Waals surface area contributed by atoms with Gasteiger partial charge in [0.15, 0.2) is 0 Å². The molecule has 0 aromatic carbocycles. The minimum Gasteiger partial charge on any atom is -0.462 e. The van der Waals surface area contributed by atoms with Crippen molar-refractivity contribution in [1.29, 1.82) is 0 Å². The molecule has 0 fully saturated rings. The number of hydrogen-bond acceptors (Lipinski definition) is 4. The summed E-state index contributed by atoms with van der Waals surface area (Å²) in [5.74, 6) is -0.300. The average molecular weight is 186 g/mol. The number of aldehydes is 1. The molecular weight excluding hydrogens is 172 g/mol. The summed E-state index contributed by atoms with van der Waals surface area (Å²) in [5.41, 5.74) is 0. The highest BCUT2D eigenvalue weighted by Crippen LogP contribution is 1.82. The van der Waals surface area contributed by atoms with Gasteiger partial charge in [0.25, 0.3) is 0 Å². The highest BCUT2D eigenvalue weighted by molar-refractivity contribution is 5.65. The van der Waals surface area contributed by atoms with Gasteiger partial charge < -0.3 is 14.3 Å². The van der Waals surface area contributed by atoms with Crippen molar-refractivity contribution >= 4 is 12.3 Å². The first-order valence-electron chi connectivity index (χ1n) is 4.07. The molecule has 0 spiro atoms. The van der Waals surface area contributed by atoms with E-state index in [0.717, 1.165) is 6.29 Å². The van der Waals surface area contributed by atoms with Crippen LogP contribution < -0.4 is 0 Å². The van der Waals surface area contributed by atoms with Gasteiger partial charge in [-0.3, -0.25) is 4.79 Å². The quantitative estimate of drug-likeness (QED) is 0.254. The van der Waals surface area contributed by atoms with Gasteiger partial charge in [0.2, 0.25) is 0 Å². The maximum atomic E-state index is 10.3. The first-order chi connectivity index (χ1) is 6.27. The number of ether oxygens (including phenoxy) is 2. The van der Waals surface area contributed by atoms with Crippen molar-refractivity contribution in [2.75, 3.05) is 19.8 Å². The third kappa shape index (κ3) is 10.8. The van der Waals surface area contributed by atoms with Crippen LogP contribution in [0.3, 0.4) is 0 Å². The highest BCUT2D eigenvalue weighted by atomic mass is 16.5. The van der Waals surface area contributed by atoms with Crippen LogP contribution in [0, 0.1) is 0 Å². The molecule has 4 nitrogen and oxygen atoms in total. The minimum atomic E-state index is -0.300. The summed E-state index contributed by atoms with van der Waals surface area (Å²) in [4.78, 5) is 20.2. The first kappa shape index (κ1) is 11.8. The van der Waals surface area contributed by atoms with Gasteiger partial charge in [0.05, 0.1) is 13.2 Å². The Hall–Kier alpha value is -1.16. The van der Waals surface area contributed by atoms with E-state index in [1.165, 1.54) is 6.92 Å². The molecule has 0 aliphatic carbocycles. The van der Waals surface area contributed by atoms with Crippen molar-refractivity contribution in [1.82, 2.24) is 0 Å². The molecule has 0 amide bonds. The molecule has 4 heteroatoms. The van der Waals surface area contributed by atoms with Crippen LogP contribution in [0.4, 0.5) is 0 Å². The van der Waals surface area contributed by atoms with Crippen molar-refractivity contribution < 1.29 is 19.1 Å². The number of hydrogen-bond donors (Lipinski definition) is 0. The molecule has 0 unspecified atom stereocenters. The van der Waals surface area contributed by atoms with Gasteiger partial charge >= 0.3 is 5.97 Å². The van der Waals surface area contributed by atoms with E-state index < -0.39 is 0 Å². The minimum absolute atomic E-state index is 0.270. The molecule has 74 valence electrons. The second-order valence-electron chi connectivity index (χ2n) is 2.30. The Balaban J connectivity index is 3.12. The Labute approximate surface area is 77.5 Å². The Kier molecular flexibility index (Phi) is 8.14. The summed E-state index contributed by atoms with van der Waals surface area (Å²) >= 11 is 0. The van der Waals surface area contributed by atoms with Crippen molar-refractivity contribution in [2.45, 2.75) is 13.3 Å². The topological polar surface area (TPSA) is 52.6 Å². The Bertz CT molecular complexity index is 174. The van der Waals surface area contributed by atoms with Crippen LogP contribution in [0.15, 0.2) is 12.2 Å². The van der Waals surface area contributed by atoms with Crippen molar-refractivity contribution in [3.05, 3.63) is 12.2 Å². The molecule has 0 aromatic heterocycles. The monoisotopic (exact) mass is 186 g/mol. The zero-order chi connectivity index (χ0) is 9.94. The molecule has 13 heavy (non-hydrogen) atoms. The normalized spacial score (nSPS) is 10.2.